The number of hydrogen-bond acceptors (Lipinski definition) is 1. The van der Waals surface area contributed by atoms with Gasteiger partial charge in [-0.05, 0) is 30.4 Å². The number of hydrogen-bond donors (Lipinski definition) is 1. The van der Waals surface area contributed by atoms with Crippen LogP contribution < -0.4 is 0 Å². The molecule has 0 aliphatic carbocycles. The van der Waals surface area contributed by atoms with E-state index in [-0.39, 0.29) is 18.3 Å². The smallest absolute Gasteiger partial charge is 0.306 e. The predicted molar refractivity (Wildman–Crippen MR) is 75.7 cm³/mol. The zero-order valence-corrected chi connectivity index (χ0v) is 12.4. The molecular weight excluding hydrogens is 303 g/mol. The van der Waals surface area contributed by atoms with E-state index in [2.05, 4.69) is 29.8 Å². The maximum absolute atomic E-state index is 11.1. The van der Waals surface area contributed by atoms with Crippen LogP contribution in [0, 0.1) is 11.8 Å². The third-order valence-electron chi connectivity index (χ3n) is 2.53. The highest BCUT2D eigenvalue weighted by Gasteiger charge is 2.20. The Morgan fingerprint density at radius 1 is 1.35 bits per heavy atom. The Labute approximate surface area is 117 Å². The van der Waals surface area contributed by atoms with Gasteiger partial charge in [0.15, 0.2) is 0 Å². The summed E-state index contributed by atoms with van der Waals surface area (Å²) in [4.78, 5) is 11.1. The number of carboxylic acid groups (broad SMARTS) is 1. The molecule has 1 N–H and O–H groups in total. The van der Waals surface area contributed by atoms with Crippen molar-refractivity contribution in [3.63, 3.8) is 0 Å². The van der Waals surface area contributed by atoms with Crippen molar-refractivity contribution >= 4 is 34.3 Å². The maximum Gasteiger partial charge on any atom is 0.306 e. The van der Waals surface area contributed by atoms with Crippen LogP contribution in [0.5, 0.6) is 0 Å². The fourth-order valence-corrected chi connectivity index (χ4v) is 2.22. The van der Waals surface area contributed by atoms with Gasteiger partial charge in [-0.3, -0.25) is 4.79 Å². The van der Waals surface area contributed by atoms with E-state index < -0.39 is 5.97 Å². The molecule has 0 fully saturated rings. The van der Waals surface area contributed by atoms with E-state index in [1.165, 1.54) is 0 Å². The van der Waals surface area contributed by atoms with E-state index in [1.54, 1.807) is 0 Å². The van der Waals surface area contributed by atoms with E-state index in [0.29, 0.717) is 12.3 Å². The van der Waals surface area contributed by atoms with Gasteiger partial charge in [0.1, 0.15) is 0 Å². The predicted octanol–water partition coefficient (Wildman–Crippen LogP) is 4.16. The lowest BCUT2D eigenvalue weighted by molar-refractivity contribution is -0.142. The van der Waals surface area contributed by atoms with E-state index in [1.807, 2.05) is 24.3 Å². The van der Waals surface area contributed by atoms with Gasteiger partial charge in [-0.25, -0.2) is 0 Å². The second-order valence-corrected chi connectivity index (χ2v) is 5.31. The number of carbonyl (C=O) groups is 1. The normalized spacial score (nSPS) is 12.0. The van der Waals surface area contributed by atoms with Gasteiger partial charge in [0.05, 0.1) is 5.92 Å². The van der Waals surface area contributed by atoms with E-state index in [4.69, 9.17) is 5.11 Å². The van der Waals surface area contributed by atoms with E-state index >= 15 is 0 Å². The van der Waals surface area contributed by atoms with Gasteiger partial charge in [-0.1, -0.05) is 48.0 Å². The highest BCUT2D eigenvalue weighted by Crippen LogP contribution is 2.23. The van der Waals surface area contributed by atoms with Gasteiger partial charge in [0.25, 0.3) is 0 Å². The molecule has 1 unspecified atom stereocenters. The lowest BCUT2D eigenvalue weighted by Gasteiger charge is -2.15. The molecule has 0 amide bonds. The van der Waals surface area contributed by atoms with Crippen LogP contribution in [-0.4, -0.2) is 11.1 Å². The molecule has 1 rings (SSSR count). The van der Waals surface area contributed by atoms with Crippen molar-refractivity contribution in [1.82, 2.24) is 0 Å². The third kappa shape index (κ3) is 5.55. The Balaban J connectivity index is 0.00000256. The monoisotopic (exact) mass is 320 g/mol. The Morgan fingerprint density at radius 3 is 2.41 bits per heavy atom. The summed E-state index contributed by atoms with van der Waals surface area (Å²) < 4.78 is 0.991. The molecule has 0 aromatic heterocycles. The van der Waals surface area contributed by atoms with Crippen LogP contribution in [0.1, 0.15) is 25.8 Å². The fourth-order valence-electron chi connectivity index (χ4n) is 1.77. The first kappa shape index (κ1) is 16.5. The molecule has 0 radical (unpaired) electrons. The van der Waals surface area contributed by atoms with Crippen LogP contribution in [-0.2, 0) is 11.2 Å². The molecule has 1 aromatic carbocycles. The molecule has 0 aliphatic heterocycles. The van der Waals surface area contributed by atoms with Crippen LogP contribution in [0.2, 0.25) is 0 Å². The van der Waals surface area contributed by atoms with Crippen molar-refractivity contribution < 1.29 is 9.90 Å². The number of aliphatic carboxylic acids is 1. The van der Waals surface area contributed by atoms with Gasteiger partial charge in [0, 0.05) is 4.47 Å². The van der Waals surface area contributed by atoms with Crippen LogP contribution in [0.4, 0.5) is 0 Å². The molecule has 0 aliphatic rings. The number of carboxylic acids is 1. The largest absolute Gasteiger partial charge is 0.481 e. The third-order valence-corrected chi connectivity index (χ3v) is 3.30. The van der Waals surface area contributed by atoms with Crippen molar-refractivity contribution in [2.45, 2.75) is 26.7 Å². The molecule has 0 spiro atoms. The molecule has 0 heterocycles. The van der Waals surface area contributed by atoms with Crippen LogP contribution in [0.3, 0.4) is 0 Å². The summed E-state index contributed by atoms with van der Waals surface area (Å²) >= 11 is 3.45. The molecule has 96 valence electrons. The molecular formula is C13H18BrClO2. The fraction of sp³-hybridized carbons (Fsp3) is 0.462. The van der Waals surface area contributed by atoms with E-state index in [0.717, 1.165) is 16.5 Å². The summed E-state index contributed by atoms with van der Waals surface area (Å²) in [7, 11) is 0. The summed E-state index contributed by atoms with van der Waals surface area (Å²) in [6, 6.07) is 7.80. The van der Waals surface area contributed by atoms with Gasteiger partial charge < -0.3 is 5.11 Å². The summed E-state index contributed by atoms with van der Waals surface area (Å²) in [5.41, 5.74) is 1.07. The lowest BCUT2D eigenvalue weighted by atomic mass is 9.91. The molecule has 0 bridgehead atoms. The van der Waals surface area contributed by atoms with Gasteiger partial charge in [0.2, 0.25) is 0 Å². The average Bonchev–Trinajstić information content (AvgIpc) is 2.19. The maximum atomic E-state index is 11.1. The highest BCUT2D eigenvalue weighted by atomic mass is 79.9. The lowest BCUT2D eigenvalue weighted by Crippen LogP contribution is -2.18. The molecule has 17 heavy (non-hydrogen) atoms. The second kappa shape index (κ2) is 7.72. The zero-order valence-electron chi connectivity index (χ0n) is 10.0. The summed E-state index contributed by atoms with van der Waals surface area (Å²) in [5, 5.41) is 9.16. The van der Waals surface area contributed by atoms with Gasteiger partial charge in [-0.2, -0.15) is 0 Å². The number of rotatable bonds is 5. The van der Waals surface area contributed by atoms with Crippen LogP contribution >= 0.6 is 28.3 Å². The minimum absolute atomic E-state index is 0. The topological polar surface area (TPSA) is 37.3 Å². The molecule has 4 heteroatoms. The molecule has 0 saturated heterocycles. The molecule has 0 saturated carbocycles. The quantitative estimate of drug-likeness (QED) is 0.884. The van der Waals surface area contributed by atoms with Crippen molar-refractivity contribution in [1.29, 1.82) is 0 Å². The highest BCUT2D eigenvalue weighted by molar-refractivity contribution is 9.10. The number of benzene rings is 1. The van der Waals surface area contributed by atoms with Crippen molar-refractivity contribution in [2.24, 2.45) is 11.8 Å². The molecule has 2 nitrogen and oxygen atoms in total. The summed E-state index contributed by atoms with van der Waals surface area (Å²) in [5.74, 6) is -0.591. The first-order valence-corrected chi connectivity index (χ1v) is 6.26. The molecule has 1 atom stereocenters. The number of halogens is 2. The van der Waals surface area contributed by atoms with Gasteiger partial charge >= 0.3 is 5.97 Å². The first-order valence-electron chi connectivity index (χ1n) is 5.47. The standard InChI is InChI=1S/C13H17BrO2.ClH/c1-9(2)7-11(13(15)16)8-10-5-3-4-6-12(10)14;/h3-6,9,11H,7-8H2,1-2H3,(H,15,16);1H. The first-order chi connectivity index (χ1) is 7.50. The van der Waals surface area contributed by atoms with Crippen LogP contribution in [0.25, 0.3) is 0 Å². The Kier molecular flexibility index (Phi) is 7.48. The van der Waals surface area contributed by atoms with Crippen molar-refractivity contribution in [3.8, 4) is 0 Å². The van der Waals surface area contributed by atoms with E-state index in [9.17, 15) is 4.79 Å². The van der Waals surface area contributed by atoms with Crippen molar-refractivity contribution in [3.05, 3.63) is 34.3 Å². The second-order valence-electron chi connectivity index (χ2n) is 4.46. The van der Waals surface area contributed by atoms with Gasteiger partial charge in [-0.15, -0.1) is 12.4 Å². The Hall–Kier alpha value is -0.540. The Bertz CT molecular complexity index is 366. The Morgan fingerprint density at radius 2 is 1.94 bits per heavy atom. The van der Waals surface area contributed by atoms with Crippen LogP contribution in [0.15, 0.2) is 28.7 Å². The minimum atomic E-state index is -0.704. The molecule has 1 aromatic rings. The summed E-state index contributed by atoms with van der Waals surface area (Å²) in [6.07, 6.45) is 1.31. The zero-order chi connectivity index (χ0) is 12.1. The average molecular weight is 322 g/mol. The van der Waals surface area contributed by atoms with Crippen molar-refractivity contribution in [2.75, 3.05) is 0 Å². The SMILES string of the molecule is CC(C)CC(Cc1ccccc1Br)C(=O)O.Cl. The summed E-state index contributed by atoms with van der Waals surface area (Å²) in [6.45, 7) is 4.10. The minimum Gasteiger partial charge on any atom is -0.481 e.